The molecule has 12 heavy (non-hydrogen) atoms. The summed E-state index contributed by atoms with van der Waals surface area (Å²) in [6, 6.07) is 4.76. The molecule has 6 heteroatoms. The second-order valence-corrected chi connectivity index (χ2v) is 3.35. The number of aromatic nitrogens is 1. The number of nitrogens with zero attached hydrogens (tertiary/aromatic N) is 1. The van der Waals surface area contributed by atoms with Gasteiger partial charge >= 0.3 is 10.3 Å². The van der Waals surface area contributed by atoms with Gasteiger partial charge in [0.05, 0.1) is 0 Å². The molecule has 0 fully saturated rings. The molecule has 0 atom stereocenters. The van der Waals surface area contributed by atoms with Crippen LogP contribution in [-0.4, -0.2) is 13.4 Å². The van der Waals surface area contributed by atoms with Crippen molar-refractivity contribution in [2.75, 3.05) is 0 Å². The summed E-state index contributed by atoms with van der Waals surface area (Å²) in [7, 11) is -3.96. The maximum atomic E-state index is 10.4. The van der Waals surface area contributed by atoms with Crippen molar-refractivity contribution in [3.05, 3.63) is 23.9 Å². The second kappa shape index (κ2) is 3.08. The predicted octanol–water partition coefficient (Wildman–Crippen LogP) is -0.0277. The molecule has 0 saturated carbocycles. The third-order valence-electron chi connectivity index (χ3n) is 1.06. The van der Waals surface area contributed by atoms with Crippen LogP contribution in [0.4, 0.5) is 0 Å². The number of hydrogen-bond donors (Lipinski definition) is 1. The van der Waals surface area contributed by atoms with Gasteiger partial charge in [-0.1, -0.05) is 6.07 Å². The van der Waals surface area contributed by atoms with Gasteiger partial charge in [-0.3, -0.25) is 0 Å². The molecule has 0 aliphatic rings. The number of pyridine rings is 1. The Bertz CT molecular complexity index is 374. The first-order chi connectivity index (χ1) is 5.47. The molecule has 0 unspecified atom stereocenters. The SMILES string of the molecule is Cc1cccc(OS(N)(=O)=O)n1. The molecule has 2 N–H and O–H groups in total. The standard InChI is InChI=1S/C6H8N2O3S/c1-5-3-2-4-6(8-5)11-12(7,9)10/h2-4H,1H3,(H2,7,9,10). The van der Waals surface area contributed by atoms with Gasteiger partial charge in [0.2, 0.25) is 5.88 Å². The van der Waals surface area contributed by atoms with Crippen LogP contribution >= 0.6 is 0 Å². The largest absolute Gasteiger partial charge is 0.381 e. The van der Waals surface area contributed by atoms with Crippen molar-refractivity contribution >= 4 is 10.3 Å². The monoisotopic (exact) mass is 188 g/mol. The average molecular weight is 188 g/mol. The minimum absolute atomic E-state index is 0.0162. The van der Waals surface area contributed by atoms with Crippen LogP contribution in [0.2, 0.25) is 0 Å². The molecule has 0 bridgehead atoms. The Kier molecular flexibility index (Phi) is 2.30. The van der Waals surface area contributed by atoms with Crippen molar-refractivity contribution in [1.82, 2.24) is 4.98 Å². The van der Waals surface area contributed by atoms with E-state index < -0.39 is 10.3 Å². The second-order valence-electron chi connectivity index (χ2n) is 2.19. The molecule has 1 aromatic heterocycles. The van der Waals surface area contributed by atoms with Gasteiger partial charge in [-0.2, -0.15) is 13.6 Å². The first-order valence-electron chi connectivity index (χ1n) is 3.13. The molecule has 0 aliphatic heterocycles. The van der Waals surface area contributed by atoms with E-state index in [1.54, 1.807) is 19.1 Å². The van der Waals surface area contributed by atoms with E-state index in [1.807, 2.05) is 0 Å². The van der Waals surface area contributed by atoms with Crippen LogP contribution in [0.15, 0.2) is 18.2 Å². The highest BCUT2D eigenvalue weighted by Gasteiger charge is 2.04. The van der Waals surface area contributed by atoms with Gasteiger partial charge in [0.15, 0.2) is 0 Å². The Morgan fingerprint density at radius 1 is 1.50 bits per heavy atom. The summed E-state index contributed by atoms with van der Waals surface area (Å²) in [6.45, 7) is 1.72. The van der Waals surface area contributed by atoms with Crippen LogP contribution in [0, 0.1) is 6.92 Å². The van der Waals surface area contributed by atoms with E-state index in [0.717, 1.165) is 0 Å². The summed E-state index contributed by atoms with van der Waals surface area (Å²) in [5, 5.41) is 4.63. The molecule has 1 rings (SSSR count). The lowest BCUT2D eigenvalue weighted by atomic mass is 10.4. The third kappa shape index (κ3) is 2.85. The number of rotatable bonds is 2. The number of hydrogen-bond acceptors (Lipinski definition) is 4. The van der Waals surface area contributed by atoms with Crippen molar-refractivity contribution in [2.24, 2.45) is 5.14 Å². The molecule has 66 valence electrons. The Hall–Kier alpha value is -1.14. The zero-order valence-corrected chi connectivity index (χ0v) is 7.21. The fourth-order valence-electron chi connectivity index (χ4n) is 0.683. The van der Waals surface area contributed by atoms with Crippen molar-refractivity contribution in [3.8, 4) is 5.88 Å². The van der Waals surface area contributed by atoms with Gasteiger partial charge in [-0.05, 0) is 13.0 Å². The van der Waals surface area contributed by atoms with Crippen molar-refractivity contribution in [1.29, 1.82) is 0 Å². The molecule has 1 aromatic rings. The quantitative estimate of drug-likeness (QED) is 0.706. The van der Waals surface area contributed by atoms with Crippen LogP contribution in [-0.2, 0) is 10.3 Å². The molecule has 0 amide bonds. The number of aryl methyl sites for hydroxylation is 1. The molecule has 0 saturated heterocycles. The molecule has 0 aromatic carbocycles. The van der Waals surface area contributed by atoms with Gasteiger partial charge in [0, 0.05) is 11.8 Å². The van der Waals surface area contributed by atoms with Crippen molar-refractivity contribution in [3.63, 3.8) is 0 Å². The maximum absolute atomic E-state index is 10.4. The first-order valence-corrected chi connectivity index (χ1v) is 4.60. The fraction of sp³-hybridized carbons (Fsp3) is 0.167. The van der Waals surface area contributed by atoms with E-state index in [2.05, 4.69) is 14.3 Å². The molecule has 0 spiro atoms. The highest BCUT2D eigenvalue weighted by Crippen LogP contribution is 2.07. The Balaban J connectivity index is 2.91. The minimum Gasteiger partial charge on any atom is -0.350 e. The number of nitrogens with two attached hydrogens (primary N) is 1. The summed E-state index contributed by atoms with van der Waals surface area (Å²) >= 11 is 0. The van der Waals surface area contributed by atoms with Crippen LogP contribution in [0.5, 0.6) is 5.88 Å². The smallest absolute Gasteiger partial charge is 0.350 e. The van der Waals surface area contributed by atoms with E-state index >= 15 is 0 Å². The van der Waals surface area contributed by atoms with Crippen LogP contribution < -0.4 is 9.32 Å². The Morgan fingerprint density at radius 2 is 2.17 bits per heavy atom. The van der Waals surface area contributed by atoms with Gasteiger partial charge in [0.25, 0.3) is 0 Å². The minimum atomic E-state index is -3.96. The lowest BCUT2D eigenvalue weighted by molar-refractivity contribution is 0.477. The summed E-state index contributed by atoms with van der Waals surface area (Å²) in [5.74, 6) is -0.0162. The van der Waals surface area contributed by atoms with E-state index in [4.69, 9.17) is 0 Å². The molecule has 5 nitrogen and oxygen atoms in total. The molecule has 1 heterocycles. The molecular formula is C6H8N2O3S. The summed E-state index contributed by atoms with van der Waals surface area (Å²) < 4.78 is 25.2. The zero-order chi connectivity index (χ0) is 9.19. The lowest BCUT2D eigenvalue weighted by Crippen LogP contribution is -2.19. The van der Waals surface area contributed by atoms with Gasteiger partial charge in [0.1, 0.15) is 0 Å². The van der Waals surface area contributed by atoms with Gasteiger partial charge in [-0.25, -0.2) is 4.98 Å². The van der Waals surface area contributed by atoms with E-state index in [0.29, 0.717) is 5.69 Å². The summed E-state index contributed by atoms with van der Waals surface area (Å²) in [4.78, 5) is 3.78. The predicted molar refractivity (Wildman–Crippen MR) is 42.7 cm³/mol. The highest BCUT2D eigenvalue weighted by atomic mass is 32.2. The highest BCUT2D eigenvalue weighted by molar-refractivity contribution is 7.84. The molecular weight excluding hydrogens is 180 g/mol. The van der Waals surface area contributed by atoms with Crippen LogP contribution in [0.1, 0.15) is 5.69 Å². The first kappa shape index (κ1) is 8.95. The fourth-order valence-corrected chi connectivity index (χ4v) is 1.01. The molecule has 0 aliphatic carbocycles. The van der Waals surface area contributed by atoms with Crippen LogP contribution in [0.3, 0.4) is 0 Å². The van der Waals surface area contributed by atoms with Gasteiger partial charge < -0.3 is 4.18 Å². The van der Waals surface area contributed by atoms with E-state index in [-0.39, 0.29) is 5.88 Å². The Morgan fingerprint density at radius 3 is 2.67 bits per heavy atom. The van der Waals surface area contributed by atoms with Crippen molar-refractivity contribution < 1.29 is 12.6 Å². The van der Waals surface area contributed by atoms with Gasteiger partial charge in [-0.15, -0.1) is 0 Å². The normalized spacial score (nSPS) is 11.2. The summed E-state index contributed by atoms with van der Waals surface area (Å²) in [5.41, 5.74) is 0.663. The summed E-state index contributed by atoms with van der Waals surface area (Å²) in [6.07, 6.45) is 0. The third-order valence-corrected chi connectivity index (χ3v) is 1.47. The molecule has 0 radical (unpaired) electrons. The topological polar surface area (TPSA) is 82.3 Å². The van der Waals surface area contributed by atoms with E-state index in [1.165, 1.54) is 6.07 Å². The van der Waals surface area contributed by atoms with Crippen molar-refractivity contribution in [2.45, 2.75) is 6.92 Å². The average Bonchev–Trinajstić information content (AvgIpc) is 1.82. The lowest BCUT2D eigenvalue weighted by Gasteiger charge is -2.00. The van der Waals surface area contributed by atoms with Crippen LogP contribution in [0.25, 0.3) is 0 Å². The Labute approximate surface area is 70.4 Å². The zero-order valence-electron chi connectivity index (χ0n) is 6.39. The maximum Gasteiger partial charge on any atom is 0.381 e. The van der Waals surface area contributed by atoms with E-state index in [9.17, 15) is 8.42 Å².